The molecule has 0 saturated heterocycles. The van der Waals surface area contributed by atoms with Crippen LogP contribution in [0, 0.1) is 0 Å². The lowest BCUT2D eigenvalue weighted by Gasteiger charge is -2.09. The fourth-order valence-corrected chi connectivity index (χ4v) is 5.15. The molecule has 0 nitrogen and oxygen atoms in total. The third-order valence-corrected chi connectivity index (χ3v) is 6.74. The Morgan fingerprint density at radius 3 is 2.77 bits per heavy atom. The van der Waals surface area contributed by atoms with Gasteiger partial charge in [0.15, 0.2) is 0 Å². The lowest BCUT2D eigenvalue weighted by atomic mass is 9.98. The van der Waals surface area contributed by atoms with Gasteiger partial charge in [0, 0.05) is 20.2 Å². The van der Waals surface area contributed by atoms with Gasteiger partial charge < -0.3 is 0 Å². The number of thiophene rings is 2. The molecule has 22 heavy (non-hydrogen) atoms. The number of benzene rings is 2. The van der Waals surface area contributed by atoms with Crippen LogP contribution in [0.25, 0.3) is 20.2 Å². The Hall–Kier alpha value is -1.64. The topological polar surface area (TPSA) is 0 Å². The van der Waals surface area contributed by atoms with E-state index in [1.54, 1.807) is 0 Å². The first-order valence-corrected chi connectivity index (χ1v) is 9.44. The van der Waals surface area contributed by atoms with E-state index in [1.165, 1.54) is 36.2 Å². The van der Waals surface area contributed by atoms with Crippen molar-refractivity contribution in [1.82, 2.24) is 0 Å². The molecular formula is C20H18S2. The van der Waals surface area contributed by atoms with Gasteiger partial charge in [-0.1, -0.05) is 38.1 Å². The average Bonchev–Trinajstić information content (AvgIpc) is 3.19. The molecule has 0 aliphatic heterocycles. The normalized spacial score (nSPS) is 13.0. The van der Waals surface area contributed by atoms with Gasteiger partial charge in [-0.2, -0.15) is 0 Å². The summed E-state index contributed by atoms with van der Waals surface area (Å²) in [6, 6.07) is 18.2. The first-order chi connectivity index (χ1) is 10.8. The largest absolute Gasteiger partial charge is 0.144 e. The second kappa shape index (κ2) is 5.53. The van der Waals surface area contributed by atoms with Crippen LogP contribution in [-0.4, -0.2) is 0 Å². The van der Waals surface area contributed by atoms with Crippen LogP contribution in [0.15, 0.2) is 53.9 Å². The van der Waals surface area contributed by atoms with Crippen LogP contribution in [0.4, 0.5) is 0 Å². The van der Waals surface area contributed by atoms with Crippen molar-refractivity contribution in [2.75, 3.05) is 0 Å². The van der Waals surface area contributed by atoms with E-state index in [2.05, 4.69) is 67.8 Å². The molecule has 0 saturated carbocycles. The second-order valence-electron chi connectivity index (χ2n) is 5.78. The summed E-state index contributed by atoms with van der Waals surface area (Å²) in [7, 11) is 0. The van der Waals surface area contributed by atoms with Crippen molar-refractivity contribution in [3.8, 4) is 0 Å². The molecule has 0 aliphatic rings. The van der Waals surface area contributed by atoms with E-state index in [9.17, 15) is 0 Å². The molecule has 0 fully saturated rings. The summed E-state index contributed by atoms with van der Waals surface area (Å²) in [5.74, 6) is 0.450. The summed E-state index contributed by atoms with van der Waals surface area (Å²) >= 11 is 3.78. The Balaban J connectivity index is 1.79. The molecule has 110 valence electrons. The molecule has 2 heterocycles. The van der Waals surface area contributed by atoms with E-state index in [4.69, 9.17) is 0 Å². The molecule has 0 radical (unpaired) electrons. The summed E-state index contributed by atoms with van der Waals surface area (Å²) in [5.41, 5.74) is 2.88. The number of hydrogen-bond donors (Lipinski definition) is 0. The lowest BCUT2D eigenvalue weighted by Crippen LogP contribution is -1.92. The first kappa shape index (κ1) is 14.0. The molecule has 4 aromatic rings. The quantitative estimate of drug-likeness (QED) is 0.388. The summed E-state index contributed by atoms with van der Waals surface area (Å²) in [6.07, 6.45) is 1.10. The zero-order chi connectivity index (χ0) is 15.1. The zero-order valence-corrected chi connectivity index (χ0v) is 14.4. The monoisotopic (exact) mass is 322 g/mol. The van der Waals surface area contributed by atoms with E-state index in [0.29, 0.717) is 5.92 Å². The van der Waals surface area contributed by atoms with Crippen LogP contribution in [0.2, 0.25) is 0 Å². The highest BCUT2D eigenvalue weighted by Gasteiger charge is 2.14. The predicted octanol–water partition coefficient (Wildman–Crippen LogP) is 6.83. The molecule has 0 spiro atoms. The van der Waals surface area contributed by atoms with Crippen molar-refractivity contribution in [2.24, 2.45) is 0 Å². The summed E-state index contributed by atoms with van der Waals surface area (Å²) < 4.78 is 2.84. The number of hydrogen-bond acceptors (Lipinski definition) is 2. The van der Waals surface area contributed by atoms with Crippen molar-refractivity contribution in [1.29, 1.82) is 0 Å². The molecule has 2 aromatic heterocycles. The van der Waals surface area contributed by atoms with Crippen molar-refractivity contribution < 1.29 is 0 Å². The van der Waals surface area contributed by atoms with Crippen LogP contribution in [0.3, 0.4) is 0 Å². The lowest BCUT2D eigenvalue weighted by molar-refractivity contribution is 0.952. The zero-order valence-electron chi connectivity index (χ0n) is 12.8. The minimum atomic E-state index is 0.450. The Labute approximate surface area is 139 Å². The molecular weight excluding hydrogens is 304 g/mol. The maximum atomic E-state index is 2.38. The number of fused-ring (bicyclic) bond motifs is 2. The van der Waals surface area contributed by atoms with E-state index < -0.39 is 0 Å². The fourth-order valence-electron chi connectivity index (χ4n) is 3.05. The minimum Gasteiger partial charge on any atom is -0.144 e. The number of aryl methyl sites for hydroxylation is 1. The van der Waals surface area contributed by atoms with Gasteiger partial charge in [0.05, 0.1) is 0 Å². The Morgan fingerprint density at radius 2 is 1.91 bits per heavy atom. The van der Waals surface area contributed by atoms with Crippen molar-refractivity contribution in [3.05, 3.63) is 69.9 Å². The van der Waals surface area contributed by atoms with Gasteiger partial charge in [-0.05, 0) is 58.0 Å². The van der Waals surface area contributed by atoms with E-state index in [1.807, 2.05) is 22.7 Å². The fraction of sp³-hybridized carbons (Fsp3) is 0.200. The van der Waals surface area contributed by atoms with E-state index >= 15 is 0 Å². The molecule has 0 aliphatic carbocycles. The maximum absolute atomic E-state index is 2.38. The van der Waals surface area contributed by atoms with Crippen LogP contribution in [-0.2, 0) is 6.42 Å². The second-order valence-corrected chi connectivity index (χ2v) is 7.81. The van der Waals surface area contributed by atoms with Gasteiger partial charge in [0.2, 0.25) is 0 Å². The highest BCUT2D eigenvalue weighted by Crippen LogP contribution is 2.37. The number of rotatable bonds is 3. The van der Waals surface area contributed by atoms with Crippen LogP contribution in [0.1, 0.15) is 35.8 Å². The molecule has 2 aromatic carbocycles. The van der Waals surface area contributed by atoms with E-state index in [-0.39, 0.29) is 0 Å². The minimum absolute atomic E-state index is 0.450. The third kappa shape index (κ3) is 2.27. The Morgan fingerprint density at radius 1 is 1.00 bits per heavy atom. The molecule has 2 heteroatoms. The smallest absolute Gasteiger partial charge is 0.0377 e. The van der Waals surface area contributed by atoms with Gasteiger partial charge in [0.25, 0.3) is 0 Å². The molecule has 1 atom stereocenters. The molecule has 4 rings (SSSR count). The predicted molar refractivity (Wildman–Crippen MR) is 101 cm³/mol. The van der Waals surface area contributed by atoms with Crippen molar-refractivity contribution >= 4 is 42.8 Å². The summed E-state index contributed by atoms with van der Waals surface area (Å²) in [5, 5.41) is 4.93. The Kier molecular flexibility index (Phi) is 3.51. The van der Waals surface area contributed by atoms with Gasteiger partial charge in [-0.25, -0.2) is 0 Å². The summed E-state index contributed by atoms with van der Waals surface area (Å²) in [4.78, 5) is 1.46. The summed E-state index contributed by atoms with van der Waals surface area (Å²) in [6.45, 7) is 4.56. The van der Waals surface area contributed by atoms with Crippen LogP contribution >= 0.6 is 22.7 Å². The maximum Gasteiger partial charge on any atom is 0.0377 e. The van der Waals surface area contributed by atoms with Crippen molar-refractivity contribution in [2.45, 2.75) is 26.2 Å². The molecule has 0 bridgehead atoms. The highest BCUT2D eigenvalue weighted by atomic mass is 32.1. The van der Waals surface area contributed by atoms with Gasteiger partial charge in [-0.15, -0.1) is 22.7 Å². The molecule has 0 N–H and O–H groups in total. The Bertz CT molecular complexity index is 943. The average molecular weight is 322 g/mol. The van der Waals surface area contributed by atoms with Crippen molar-refractivity contribution in [3.63, 3.8) is 0 Å². The molecule has 0 amide bonds. The van der Waals surface area contributed by atoms with E-state index in [0.717, 1.165) is 6.42 Å². The highest BCUT2D eigenvalue weighted by molar-refractivity contribution is 7.19. The molecule has 1 unspecified atom stereocenters. The standard InChI is InChI=1S/C20H18S2/c1-3-14-5-4-6-17-12-19(22-20(14)17)13(2)15-7-8-18-16(11-15)9-10-21-18/h4-13H,3H2,1-2H3. The third-order valence-electron chi connectivity index (χ3n) is 4.43. The first-order valence-electron chi connectivity index (χ1n) is 7.74. The SMILES string of the molecule is CCc1cccc2cc(C(C)c3ccc4sccc4c3)sc12. The van der Waals surface area contributed by atoms with Gasteiger partial charge in [-0.3, -0.25) is 0 Å². The van der Waals surface area contributed by atoms with Gasteiger partial charge >= 0.3 is 0 Å². The van der Waals surface area contributed by atoms with Crippen LogP contribution in [0.5, 0.6) is 0 Å². The van der Waals surface area contributed by atoms with Crippen LogP contribution < -0.4 is 0 Å². The van der Waals surface area contributed by atoms with Gasteiger partial charge in [0.1, 0.15) is 0 Å².